The van der Waals surface area contributed by atoms with Crippen LogP contribution in [0.4, 0.5) is 15.9 Å². The zero-order valence-electron chi connectivity index (χ0n) is 10.4. The molecule has 106 valence electrons. The molecule has 1 aromatic heterocycles. The van der Waals surface area contributed by atoms with E-state index in [0.717, 1.165) is 16.6 Å². The molecule has 2 aromatic rings. The summed E-state index contributed by atoms with van der Waals surface area (Å²) in [6.45, 7) is 1.70. The van der Waals surface area contributed by atoms with E-state index in [1.165, 1.54) is 12.3 Å². The Balaban J connectivity index is 2.43. The van der Waals surface area contributed by atoms with Crippen molar-refractivity contribution in [3.05, 3.63) is 46.3 Å². The fourth-order valence-electron chi connectivity index (χ4n) is 1.57. The van der Waals surface area contributed by atoms with Crippen molar-refractivity contribution in [3.63, 3.8) is 0 Å². The summed E-state index contributed by atoms with van der Waals surface area (Å²) in [6.07, 6.45) is 1.46. The minimum Gasteiger partial charge on any atom is -0.398 e. The highest BCUT2D eigenvalue weighted by Gasteiger charge is 2.20. The lowest BCUT2D eigenvalue weighted by Crippen LogP contribution is -2.16. The molecule has 0 aliphatic rings. The smallest absolute Gasteiger partial charge is 0.265 e. The van der Waals surface area contributed by atoms with Crippen LogP contribution in [0.3, 0.4) is 0 Å². The van der Waals surface area contributed by atoms with E-state index in [1.54, 1.807) is 13.0 Å². The van der Waals surface area contributed by atoms with E-state index < -0.39 is 15.8 Å². The van der Waals surface area contributed by atoms with Gasteiger partial charge >= 0.3 is 0 Å². The number of anilines is 2. The molecule has 20 heavy (non-hydrogen) atoms. The number of nitrogen functional groups attached to an aromatic ring is 1. The summed E-state index contributed by atoms with van der Waals surface area (Å²) >= 11 is 3.23. The van der Waals surface area contributed by atoms with E-state index in [1.807, 2.05) is 0 Å². The Morgan fingerprint density at radius 1 is 1.35 bits per heavy atom. The molecule has 3 N–H and O–H groups in total. The summed E-state index contributed by atoms with van der Waals surface area (Å²) in [5.41, 5.74) is 6.17. The molecular formula is C12H11BrFN3O2S. The summed E-state index contributed by atoms with van der Waals surface area (Å²) in [5.74, 6) is -0.517. The molecule has 1 heterocycles. The standard InChI is InChI=1S/C12H11BrFN3O2S/c1-7-4-8(13)6-16-12(7)17-20(18,19)11-5-9(14)2-3-10(11)15/h2-6H,15H2,1H3,(H,16,17). The predicted molar refractivity (Wildman–Crippen MR) is 78.3 cm³/mol. The van der Waals surface area contributed by atoms with E-state index in [4.69, 9.17) is 5.73 Å². The lowest BCUT2D eigenvalue weighted by Gasteiger charge is -2.11. The highest BCUT2D eigenvalue weighted by atomic mass is 79.9. The number of nitrogens with two attached hydrogens (primary N) is 1. The van der Waals surface area contributed by atoms with Gasteiger partial charge in [0.25, 0.3) is 10.0 Å². The molecule has 8 heteroatoms. The van der Waals surface area contributed by atoms with Crippen LogP contribution in [0, 0.1) is 12.7 Å². The number of aryl methyl sites for hydroxylation is 1. The molecular weight excluding hydrogens is 349 g/mol. The SMILES string of the molecule is Cc1cc(Br)cnc1NS(=O)(=O)c1cc(F)ccc1N. The number of halogens is 2. The van der Waals surface area contributed by atoms with Crippen LogP contribution in [0.5, 0.6) is 0 Å². The number of sulfonamides is 1. The van der Waals surface area contributed by atoms with Crippen LogP contribution < -0.4 is 10.5 Å². The maximum absolute atomic E-state index is 13.2. The quantitative estimate of drug-likeness (QED) is 0.825. The summed E-state index contributed by atoms with van der Waals surface area (Å²) in [4.78, 5) is 3.65. The molecule has 5 nitrogen and oxygen atoms in total. The van der Waals surface area contributed by atoms with Crippen molar-refractivity contribution in [3.8, 4) is 0 Å². The second-order valence-electron chi connectivity index (χ2n) is 4.11. The van der Waals surface area contributed by atoms with Crippen LogP contribution >= 0.6 is 15.9 Å². The molecule has 0 atom stereocenters. The van der Waals surface area contributed by atoms with Crippen molar-refractivity contribution in [1.82, 2.24) is 4.98 Å². The Morgan fingerprint density at radius 3 is 2.70 bits per heavy atom. The van der Waals surface area contributed by atoms with Gasteiger partial charge in [0, 0.05) is 10.7 Å². The van der Waals surface area contributed by atoms with Gasteiger partial charge in [0.1, 0.15) is 16.5 Å². The van der Waals surface area contributed by atoms with Crippen LogP contribution in [0.15, 0.2) is 39.8 Å². The molecule has 0 aliphatic carbocycles. The van der Waals surface area contributed by atoms with Crippen LogP contribution in [0.2, 0.25) is 0 Å². The summed E-state index contributed by atoms with van der Waals surface area (Å²) in [5, 5.41) is 0. The van der Waals surface area contributed by atoms with Crippen molar-refractivity contribution in [2.45, 2.75) is 11.8 Å². The highest BCUT2D eigenvalue weighted by molar-refractivity contribution is 9.10. The predicted octanol–water partition coefficient (Wildman–Crippen LogP) is 2.67. The topological polar surface area (TPSA) is 85.1 Å². The highest BCUT2D eigenvalue weighted by Crippen LogP contribution is 2.24. The zero-order valence-corrected chi connectivity index (χ0v) is 12.8. The molecule has 2 rings (SSSR count). The Bertz CT molecular complexity index is 765. The van der Waals surface area contributed by atoms with E-state index in [-0.39, 0.29) is 16.4 Å². The Labute approximate surface area is 124 Å². The first kappa shape index (κ1) is 14.7. The van der Waals surface area contributed by atoms with Gasteiger partial charge in [0.15, 0.2) is 0 Å². The fourth-order valence-corrected chi connectivity index (χ4v) is 3.24. The van der Waals surface area contributed by atoms with Crippen LogP contribution in [0.25, 0.3) is 0 Å². The molecule has 0 bridgehead atoms. The number of hydrogen-bond donors (Lipinski definition) is 2. The minimum atomic E-state index is -3.99. The van der Waals surface area contributed by atoms with E-state index in [9.17, 15) is 12.8 Å². The van der Waals surface area contributed by atoms with Crippen LogP contribution in [0.1, 0.15) is 5.56 Å². The number of pyridine rings is 1. The minimum absolute atomic E-state index is 0.0336. The van der Waals surface area contributed by atoms with Gasteiger partial charge in [0.05, 0.1) is 5.69 Å². The van der Waals surface area contributed by atoms with Gasteiger partial charge < -0.3 is 5.73 Å². The maximum atomic E-state index is 13.2. The summed E-state index contributed by atoms with van der Waals surface area (Å²) < 4.78 is 40.6. The molecule has 0 saturated carbocycles. The first-order chi connectivity index (χ1) is 9.29. The normalized spacial score (nSPS) is 11.3. The van der Waals surface area contributed by atoms with Gasteiger partial charge in [-0.25, -0.2) is 17.8 Å². The van der Waals surface area contributed by atoms with E-state index in [0.29, 0.717) is 5.56 Å². The molecule has 0 fully saturated rings. The van der Waals surface area contributed by atoms with Crippen molar-refractivity contribution >= 4 is 37.5 Å². The van der Waals surface area contributed by atoms with Gasteiger partial charge in [-0.15, -0.1) is 0 Å². The second kappa shape index (κ2) is 5.37. The molecule has 1 aromatic carbocycles. The average Bonchev–Trinajstić information content (AvgIpc) is 2.35. The molecule has 0 unspecified atom stereocenters. The number of rotatable bonds is 3. The van der Waals surface area contributed by atoms with Gasteiger partial charge in [-0.1, -0.05) is 0 Å². The summed E-state index contributed by atoms with van der Waals surface area (Å²) in [6, 6.07) is 4.87. The Morgan fingerprint density at radius 2 is 2.05 bits per heavy atom. The number of aromatic nitrogens is 1. The third kappa shape index (κ3) is 3.07. The Kier molecular flexibility index (Phi) is 3.96. The maximum Gasteiger partial charge on any atom is 0.265 e. The lowest BCUT2D eigenvalue weighted by atomic mass is 10.3. The van der Waals surface area contributed by atoms with Crippen molar-refractivity contribution < 1.29 is 12.8 Å². The molecule has 0 aliphatic heterocycles. The zero-order chi connectivity index (χ0) is 14.9. The lowest BCUT2D eigenvalue weighted by molar-refractivity contribution is 0.595. The Hall–Kier alpha value is -1.67. The van der Waals surface area contributed by atoms with Crippen molar-refractivity contribution in [2.75, 3.05) is 10.5 Å². The van der Waals surface area contributed by atoms with E-state index >= 15 is 0 Å². The van der Waals surface area contributed by atoms with Gasteiger partial charge in [0.2, 0.25) is 0 Å². The largest absolute Gasteiger partial charge is 0.398 e. The number of nitrogens with zero attached hydrogens (tertiary/aromatic N) is 1. The first-order valence-electron chi connectivity index (χ1n) is 5.49. The molecule has 0 spiro atoms. The van der Waals surface area contributed by atoms with Gasteiger partial charge in [-0.2, -0.15) is 0 Å². The second-order valence-corrected chi connectivity index (χ2v) is 6.67. The third-order valence-electron chi connectivity index (χ3n) is 2.54. The number of benzene rings is 1. The number of hydrogen-bond acceptors (Lipinski definition) is 4. The van der Waals surface area contributed by atoms with Crippen molar-refractivity contribution in [2.24, 2.45) is 0 Å². The average molecular weight is 360 g/mol. The first-order valence-corrected chi connectivity index (χ1v) is 7.77. The van der Waals surface area contributed by atoms with Crippen molar-refractivity contribution in [1.29, 1.82) is 0 Å². The van der Waals surface area contributed by atoms with E-state index in [2.05, 4.69) is 25.6 Å². The molecule has 0 saturated heterocycles. The third-order valence-corrected chi connectivity index (χ3v) is 4.37. The molecule has 0 radical (unpaired) electrons. The van der Waals surface area contributed by atoms with Gasteiger partial charge in [-0.3, -0.25) is 4.72 Å². The monoisotopic (exact) mass is 359 g/mol. The fraction of sp³-hybridized carbons (Fsp3) is 0.0833. The molecule has 0 amide bonds. The van der Waals surface area contributed by atoms with Crippen LogP contribution in [-0.4, -0.2) is 13.4 Å². The van der Waals surface area contributed by atoms with Crippen LogP contribution in [-0.2, 0) is 10.0 Å². The van der Waals surface area contributed by atoms with Gasteiger partial charge in [-0.05, 0) is 52.7 Å². The summed E-state index contributed by atoms with van der Waals surface area (Å²) in [7, 11) is -3.99. The number of nitrogens with one attached hydrogen (secondary N) is 1.